The van der Waals surface area contributed by atoms with Crippen molar-refractivity contribution in [2.24, 2.45) is 0 Å². The van der Waals surface area contributed by atoms with E-state index in [-0.39, 0.29) is 11.5 Å². The van der Waals surface area contributed by atoms with Crippen molar-refractivity contribution in [3.8, 4) is 11.8 Å². The van der Waals surface area contributed by atoms with Crippen LogP contribution in [0.3, 0.4) is 0 Å². The van der Waals surface area contributed by atoms with Crippen molar-refractivity contribution in [3.63, 3.8) is 0 Å². The number of rotatable bonds is 5. The molecule has 1 aromatic rings. The first-order chi connectivity index (χ1) is 9.60. The molecule has 0 aromatic heterocycles. The Bertz CT molecular complexity index is 578. The quantitative estimate of drug-likeness (QED) is 0.486. The van der Waals surface area contributed by atoms with Gasteiger partial charge in [0.1, 0.15) is 23.3 Å². The highest BCUT2D eigenvalue weighted by atomic mass is 35.5. The lowest BCUT2D eigenvalue weighted by atomic mass is 10.2. The second-order valence-corrected chi connectivity index (χ2v) is 3.82. The first-order valence-corrected chi connectivity index (χ1v) is 6.05. The molecule has 0 saturated carbocycles. The van der Waals surface area contributed by atoms with Gasteiger partial charge in [-0.1, -0.05) is 6.07 Å². The molecule has 20 heavy (non-hydrogen) atoms. The summed E-state index contributed by atoms with van der Waals surface area (Å²) in [5.74, 6) is -1.20. The van der Waals surface area contributed by atoms with Gasteiger partial charge in [0.2, 0.25) is 5.91 Å². The maximum atomic E-state index is 11.5. The van der Waals surface area contributed by atoms with Gasteiger partial charge >= 0.3 is 0 Å². The van der Waals surface area contributed by atoms with Crippen LogP contribution in [-0.4, -0.2) is 24.8 Å². The van der Waals surface area contributed by atoms with Crippen LogP contribution in [-0.2, 0) is 9.59 Å². The second-order valence-electron chi connectivity index (χ2n) is 3.56. The summed E-state index contributed by atoms with van der Waals surface area (Å²) in [6.45, 7) is 0. The molecule has 1 aromatic carbocycles. The number of hydrogen-bond donors (Lipinski definition) is 2. The number of imide groups is 1. The fourth-order valence-electron chi connectivity index (χ4n) is 1.24. The Morgan fingerprint density at radius 1 is 1.50 bits per heavy atom. The standard InChI is InChI=1S/C13H12ClN3O3/c1-20-11-4-2-3-10(5-11)16-8-9(7-15)13(19)17-12(18)6-14/h2-5,8,16H,6H2,1H3,(H,17,18,19)/b9-8-. The lowest BCUT2D eigenvalue weighted by Gasteiger charge is -2.05. The van der Waals surface area contributed by atoms with Gasteiger partial charge in [0.25, 0.3) is 5.91 Å². The number of nitrogens with zero attached hydrogens (tertiary/aromatic N) is 1. The number of alkyl halides is 1. The van der Waals surface area contributed by atoms with Crippen molar-refractivity contribution in [2.45, 2.75) is 0 Å². The number of carbonyl (C=O) groups excluding carboxylic acids is 2. The Kier molecular flexibility index (Phi) is 6.07. The maximum absolute atomic E-state index is 11.5. The second kappa shape index (κ2) is 7.81. The molecule has 0 spiro atoms. The van der Waals surface area contributed by atoms with E-state index in [1.807, 2.05) is 5.32 Å². The minimum atomic E-state index is -0.812. The predicted octanol–water partition coefficient (Wildman–Crippen LogP) is 1.40. The molecular weight excluding hydrogens is 282 g/mol. The highest BCUT2D eigenvalue weighted by Gasteiger charge is 2.11. The van der Waals surface area contributed by atoms with E-state index in [0.717, 1.165) is 0 Å². The number of amides is 2. The number of carbonyl (C=O) groups is 2. The summed E-state index contributed by atoms with van der Waals surface area (Å²) in [4.78, 5) is 22.5. The van der Waals surface area contributed by atoms with Crippen LogP contribution < -0.4 is 15.4 Å². The van der Waals surface area contributed by atoms with Gasteiger partial charge in [0.05, 0.1) is 7.11 Å². The first kappa shape index (κ1) is 15.5. The van der Waals surface area contributed by atoms with Gasteiger partial charge in [-0.2, -0.15) is 5.26 Å². The third-order valence-electron chi connectivity index (χ3n) is 2.19. The number of nitriles is 1. The Morgan fingerprint density at radius 2 is 2.25 bits per heavy atom. The molecule has 0 unspecified atom stereocenters. The summed E-state index contributed by atoms with van der Waals surface area (Å²) in [6, 6.07) is 8.61. The molecule has 0 saturated heterocycles. The Labute approximate surface area is 121 Å². The van der Waals surface area contributed by atoms with Crippen LogP contribution >= 0.6 is 11.6 Å². The number of halogens is 1. The smallest absolute Gasteiger partial charge is 0.270 e. The third-order valence-corrected chi connectivity index (χ3v) is 2.44. The maximum Gasteiger partial charge on any atom is 0.270 e. The fourth-order valence-corrected chi connectivity index (χ4v) is 1.31. The zero-order chi connectivity index (χ0) is 15.0. The topological polar surface area (TPSA) is 91.2 Å². The summed E-state index contributed by atoms with van der Waals surface area (Å²) in [5.41, 5.74) is 0.389. The first-order valence-electron chi connectivity index (χ1n) is 5.51. The number of benzene rings is 1. The van der Waals surface area contributed by atoms with E-state index in [4.69, 9.17) is 21.6 Å². The Balaban J connectivity index is 2.77. The van der Waals surface area contributed by atoms with E-state index in [9.17, 15) is 9.59 Å². The normalized spacial score (nSPS) is 10.3. The van der Waals surface area contributed by atoms with Crippen LogP contribution in [0.2, 0.25) is 0 Å². The fraction of sp³-hybridized carbons (Fsp3) is 0.154. The summed E-state index contributed by atoms with van der Waals surface area (Å²) in [6.07, 6.45) is 1.20. The minimum Gasteiger partial charge on any atom is -0.497 e. The van der Waals surface area contributed by atoms with Gasteiger partial charge in [-0.25, -0.2) is 0 Å². The molecule has 2 amide bonds. The van der Waals surface area contributed by atoms with Gasteiger partial charge in [-0.15, -0.1) is 11.6 Å². The highest BCUT2D eigenvalue weighted by molar-refractivity contribution is 6.29. The highest BCUT2D eigenvalue weighted by Crippen LogP contribution is 2.16. The SMILES string of the molecule is COc1cccc(N/C=C(/C#N)C(=O)NC(=O)CCl)c1. The average Bonchev–Trinajstić information content (AvgIpc) is 2.47. The minimum absolute atomic E-state index is 0.244. The molecule has 7 heteroatoms. The molecule has 1 rings (SSSR count). The lowest BCUT2D eigenvalue weighted by Crippen LogP contribution is -2.32. The summed E-state index contributed by atoms with van der Waals surface area (Å²) >= 11 is 5.25. The van der Waals surface area contributed by atoms with E-state index in [1.165, 1.54) is 13.3 Å². The molecule has 0 fully saturated rings. The van der Waals surface area contributed by atoms with Crippen LogP contribution in [0, 0.1) is 11.3 Å². The van der Waals surface area contributed by atoms with E-state index >= 15 is 0 Å². The summed E-state index contributed by atoms with van der Waals surface area (Å²) in [5, 5.41) is 13.6. The largest absolute Gasteiger partial charge is 0.497 e. The van der Waals surface area contributed by atoms with Crippen molar-refractivity contribution in [2.75, 3.05) is 18.3 Å². The molecule has 0 aliphatic carbocycles. The zero-order valence-electron chi connectivity index (χ0n) is 10.6. The molecule has 0 heterocycles. The van der Waals surface area contributed by atoms with Crippen LogP contribution in [0.5, 0.6) is 5.75 Å². The van der Waals surface area contributed by atoms with Crippen LogP contribution in [0.4, 0.5) is 5.69 Å². The molecule has 0 bridgehead atoms. The molecule has 104 valence electrons. The van der Waals surface area contributed by atoms with E-state index in [2.05, 4.69) is 5.32 Å². The average molecular weight is 294 g/mol. The van der Waals surface area contributed by atoms with Gasteiger partial charge < -0.3 is 10.1 Å². The van der Waals surface area contributed by atoms with Crippen molar-refractivity contribution >= 4 is 29.1 Å². The number of anilines is 1. The van der Waals surface area contributed by atoms with Crippen molar-refractivity contribution in [1.82, 2.24) is 5.32 Å². The summed E-state index contributed by atoms with van der Waals surface area (Å²) < 4.78 is 5.04. The molecule has 0 aliphatic rings. The summed E-state index contributed by atoms with van der Waals surface area (Å²) in [7, 11) is 1.53. The van der Waals surface area contributed by atoms with Crippen LogP contribution in [0.15, 0.2) is 36.0 Å². The Hall–Kier alpha value is -2.52. The number of ether oxygens (including phenoxy) is 1. The molecule has 2 N–H and O–H groups in total. The van der Waals surface area contributed by atoms with E-state index < -0.39 is 11.8 Å². The third kappa shape index (κ3) is 4.63. The zero-order valence-corrected chi connectivity index (χ0v) is 11.4. The lowest BCUT2D eigenvalue weighted by molar-refractivity contribution is -0.126. The van der Waals surface area contributed by atoms with Crippen molar-refractivity contribution < 1.29 is 14.3 Å². The van der Waals surface area contributed by atoms with Crippen molar-refractivity contribution in [3.05, 3.63) is 36.0 Å². The van der Waals surface area contributed by atoms with Crippen molar-refractivity contribution in [1.29, 1.82) is 5.26 Å². The van der Waals surface area contributed by atoms with Crippen LogP contribution in [0.1, 0.15) is 0 Å². The molecule has 0 aliphatic heterocycles. The Morgan fingerprint density at radius 3 is 2.85 bits per heavy atom. The van der Waals surface area contributed by atoms with Gasteiger partial charge in [0.15, 0.2) is 0 Å². The van der Waals surface area contributed by atoms with Gasteiger partial charge in [0, 0.05) is 18.0 Å². The van der Waals surface area contributed by atoms with E-state index in [1.54, 1.807) is 30.3 Å². The van der Waals surface area contributed by atoms with Gasteiger partial charge in [-0.3, -0.25) is 14.9 Å². The number of hydrogen-bond acceptors (Lipinski definition) is 5. The van der Waals surface area contributed by atoms with E-state index in [0.29, 0.717) is 11.4 Å². The molecular formula is C13H12ClN3O3. The molecule has 0 radical (unpaired) electrons. The molecule has 0 atom stereocenters. The van der Waals surface area contributed by atoms with Gasteiger partial charge in [-0.05, 0) is 12.1 Å². The van der Waals surface area contributed by atoms with Crippen LogP contribution in [0.25, 0.3) is 0 Å². The number of methoxy groups -OCH3 is 1. The monoisotopic (exact) mass is 293 g/mol. The molecule has 6 nitrogen and oxygen atoms in total. The predicted molar refractivity (Wildman–Crippen MR) is 74.2 cm³/mol. The number of nitrogens with one attached hydrogen (secondary N) is 2.